The molecule has 0 saturated heterocycles. The van der Waals surface area contributed by atoms with Crippen molar-refractivity contribution in [1.82, 2.24) is 0 Å². The fourth-order valence-electron chi connectivity index (χ4n) is 0.872. The molecule has 60 valence electrons. The molecule has 0 saturated carbocycles. The van der Waals surface area contributed by atoms with Gasteiger partial charge in [0.15, 0.2) is 0 Å². The highest BCUT2D eigenvalue weighted by atomic mass is 79.9. The molecule has 11 heavy (non-hydrogen) atoms. The lowest BCUT2D eigenvalue weighted by Gasteiger charge is -2.07. The van der Waals surface area contributed by atoms with Gasteiger partial charge in [0.05, 0.1) is 4.47 Å². The standard InChI is InChI=1S/C8H9BrFN/c1-5(11)6-3-2-4-7(10)8(6)9/h2-5H,11H2,1H3/t5-/m1/s1. The van der Waals surface area contributed by atoms with E-state index in [1.54, 1.807) is 12.1 Å². The summed E-state index contributed by atoms with van der Waals surface area (Å²) in [5, 5.41) is 0. The molecule has 1 nitrogen and oxygen atoms in total. The summed E-state index contributed by atoms with van der Waals surface area (Å²) in [7, 11) is 0. The summed E-state index contributed by atoms with van der Waals surface area (Å²) in [4.78, 5) is 0. The molecule has 0 fully saturated rings. The van der Waals surface area contributed by atoms with Crippen LogP contribution in [0.2, 0.25) is 0 Å². The molecular formula is C8H9BrFN. The lowest BCUT2D eigenvalue weighted by Crippen LogP contribution is -2.06. The minimum Gasteiger partial charge on any atom is -0.324 e. The molecule has 1 rings (SSSR count). The molecule has 0 aliphatic heterocycles. The number of benzene rings is 1. The number of hydrogen-bond donors (Lipinski definition) is 1. The van der Waals surface area contributed by atoms with Crippen LogP contribution in [0, 0.1) is 5.82 Å². The van der Waals surface area contributed by atoms with Gasteiger partial charge in [0, 0.05) is 6.04 Å². The predicted octanol–water partition coefficient (Wildman–Crippen LogP) is 2.61. The van der Waals surface area contributed by atoms with Crippen molar-refractivity contribution < 1.29 is 4.39 Å². The van der Waals surface area contributed by atoms with E-state index in [1.165, 1.54) is 6.07 Å². The second-order valence-electron chi connectivity index (χ2n) is 2.43. The zero-order valence-electron chi connectivity index (χ0n) is 6.14. The van der Waals surface area contributed by atoms with Crippen molar-refractivity contribution in [2.75, 3.05) is 0 Å². The fraction of sp³-hybridized carbons (Fsp3) is 0.250. The molecule has 0 amide bonds. The second kappa shape index (κ2) is 3.32. The molecule has 0 aliphatic rings. The molecule has 3 heteroatoms. The summed E-state index contributed by atoms with van der Waals surface area (Å²) in [5.41, 5.74) is 6.38. The smallest absolute Gasteiger partial charge is 0.137 e. The van der Waals surface area contributed by atoms with Crippen molar-refractivity contribution >= 4 is 15.9 Å². The Bertz CT molecular complexity index is 260. The third-order valence-electron chi connectivity index (χ3n) is 1.47. The number of rotatable bonds is 1. The van der Waals surface area contributed by atoms with Crippen molar-refractivity contribution in [3.63, 3.8) is 0 Å². The average Bonchev–Trinajstić information content (AvgIpc) is 1.94. The molecule has 1 aromatic rings. The Hall–Kier alpha value is -0.410. The van der Waals surface area contributed by atoms with Gasteiger partial charge >= 0.3 is 0 Å². The minimum atomic E-state index is -0.264. The van der Waals surface area contributed by atoms with Gasteiger partial charge in [-0.25, -0.2) is 4.39 Å². The van der Waals surface area contributed by atoms with Gasteiger partial charge in [-0.3, -0.25) is 0 Å². The highest BCUT2D eigenvalue weighted by Crippen LogP contribution is 2.24. The van der Waals surface area contributed by atoms with Crippen molar-refractivity contribution in [3.8, 4) is 0 Å². The first-order valence-electron chi connectivity index (χ1n) is 3.32. The van der Waals surface area contributed by atoms with E-state index in [0.29, 0.717) is 4.47 Å². The maximum atomic E-state index is 12.8. The van der Waals surface area contributed by atoms with E-state index in [2.05, 4.69) is 15.9 Å². The lowest BCUT2D eigenvalue weighted by molar-refractivity contribution is 0.614. The van der Waals surface area contributed by atoms with Gasteiger partial charge in [-0.05, 0) is 34.5 Å². The molecule has 0 aliphatic carbocycles. The summed E-state index contributed by atoms with van der Waals surface area (Å²) < 4.78 is 13.3. The Labute approximate surface area is 73.5 Å². The molecule has 0 spiro atoms. The minimum absolute atomic E-state index is 0.139. The predicted molar refractivity (Wildman–Crippen MR) is 46.7 cm³/mol. The van der Waals surface area contributed by atoms with Gasteiger partial charge in [-0.15, -0.1) is 0 Å². The summed E-state index contributed by atoms with van der Waals surface area (Å²) in [6.45, 7) is 1.82. The molecular weight excluding hydrogens is 209 g/mol. The van der Waals surface area contributed by atoms with Crippen molar-refractivity contribution in [3.05, 3.63) is 34.1 Å². The van der Waals surface area contributed by atoms with Crippen LogP contribution in [-0.4, -0.2) is 0 Å². The normalized spacial score (nSPS) is 13.1. The highest BCUT2D eigenvalue weighted by molar-refractivity contribution is 9.10. The first kappa shape index (κ1) is 8.68. The van der Waals surface area contributed by atoms with E-state index < -0.39 is 0 Å². The molecule has 2 N–H and O–H groups in total. The van der Waals surface area contributed by atoms with Crippen LogP contribution in [0.1, 0.15) is 18.5 Å². The van der Waals surface area contributed by atoms with Gasteiger partial charge in [0.25, 0.3) is 0 Å². The summed E-state index contributed by atoms with van der Waals surface area (Å²) in [6.07, 6.45) is 0. The van der Waals surface area contributed by atoms with Crippen molar-refractivity contribution in [1.29, 1.82) is 0 Å². The molecule has 0 aromatic heterocycles. The van der Waals surface area contributed by atoms with Crippen LogP contribution < -0.4 is 5.73 Å². The Morgan fingerprint density at radius 3 is 2.64 bits per heavy atom. The SMILES string of the molecule is C[C@@H](N)c1cccc(F)c1Br. The third-order valence-corrected chi connectivity index (χ3v) is 2.31. The Morgan fingerprint density at radius 1 is 1.55 bits per heavy atom. The van der Waals surface area contributed by atoms with Crippen LogP contribution in [0.15, 0.2) is 22.7 Å². The number of nitrogens with two attached hydrogens (primary N) is 1. The van der Waals surface area contributed by atoms with Crippen LogP contribution in [0.5, 0.6) is 0 Å². The Morgan fingerprint density at radius 2 is 2.18 bits per heavy atom. The third kappa shape index (κ3) is 1.79. The van der Waals surface area contributed by atoms with Gasteiger partial charge in [0.1, 0.15) is 5.82 Å². The Balaban J connectivity index is 3.17. The van der Waals surface area contributed by atoms with E-state index in [1.807, 2.05) is 6.92 Å². The van der Waals surface area contributed by atoms with Crippen LogP contribution in [0.3, 0.4) is 0 Å². The van der Waals surface area contributed by atoms with Crippen LogP contribution >= 0.6 is 15.9 Å². The summed E-state index contributed by atoms with van der Waals surface area (Å²) >= 11 is 3.13. The monoisotopic (exact) mass is 217 g/mol. The Kier molecular flexibility index (Phi) is 2.62. The van der Waals surface area contributed by atoms with Crippen molar-refractivity contribution in [2.45, 2.75) is 13.0 Å². The molecule has 0 unspecified atom stereocenters. The molecule has 1 atom stereocenters. The number of halogens is 2. The molecule has 1 aromatic carbocycles. The lowest BCUT2D eigenvalue weighted by atomic mass is 10.1. The average molecular weight is 218 g/mol. The van der Waals surface area contributed by atoms with Gasteiger partial charge in [0.2, 0.25) is 0 Å². The zero-order chi connectivity index (χ0) is 8.43. The summed E-state index contributed by atoms with van der Waals surface area (Å²) in [6, 6.07) is 4.71. The van der Waals surface area contributed by atoms with E-state index >= 15 is 0 Å². The topological polar surface area (TPSA) is 26.0 Å². The van der Waals surface area contributed by atoms with E-state index in [9.17, 15) is 4.39 Å². The fourth-order valence-corrected chi connectivity index (χ4v) is 1.50. The maximum absolute atomic E-state index is 12.8. The maximum Gasteiger partial charge on any atom is 0.137 e. The largest absolute Gasteiger partial charge is 0.324 e. The quantitative estimate of drug-likeness (QED) is 0.770. The molecule has 0 heterocycles. The number of hydrogen-bond acceptors (Lipinski definition) is 1. The van der Waals surface area contributed by atoms with Gasteiger partial charge in [-0.1, -0.05) is 12.1 Å². The van der Waals surface area contributed by atoms with Crippen LogP contribution in [0.4, 0.5) is 4.39 Å². The van der Waals surface area contributed by atoms with Crippen LogP contribution in [0.25, 0.3) is 0 Å². The van der Waals surface area contributed by atoms with Gasteiger partial charge in [-0.2, -0.15) is 0 Å². The van der Waals surface area contributed by atoms with Gasteiger partial charge < -0.3 is 5.73 Å². The van der Waals surface area contributed by atoms with E-state index in [-0.39, 0.29) is 11.9 Å². The molecule has 0 radical (unpaired) electrons. The first-order chi connectivity index (χ1) is 5.13. The second-order valence-corrected chi connectivity index (χ2v) is 3.22. The van der Waals surface area contributed by atoms with Crippen molar-refractivity contribution in [2.24, 2.45) is 5.73 Å². The van der Waals surface area contributed by atoms with E-state index in [4.69, 9.17) is 5.73 Å². The van der Waals surface area contributed by atoms with E-state index in [0.717, 1.165) is 5.56 Å². The zero-order valence-corrected chi connectivity index (χ0v) is 7.73. The first-order valence-corrected chi connectivity index (χ1v) is 4.11. The molecule has 0 bridgehead atoms. The summed E-state index contributed by atoms with van der Waals surface area (Å²) in [5.74, 6) is -0.264. The highest BCUT2D eigenvalue weighted by Gasteiger charge is 2.07. The van der Waals surface area contributed by atoms with Crippen LogP contribution in [-0.2, 0) is 0 Å².